The molecule has 1 aliphatic rings. The first-order chi connectivity index (χ1) is 13.2. The van der Waals surface area contributed by atoms with Gasteiger partial charge in [0.25, 0.3) is 0 Å². The van der Waals surface area contributed by atoms with Crippen molar-refractivity contribution >= 4 is 5.91 Å². The standard InChI is InChI=1S/C22H28N2O3/c1-26-20-9-8-18(14-21(20)27-2)16-24(15-17-10-12-23-13-11-17)22(25)19-6-4-3-5-7-19/h8-14,19H,3-7,15-16H2,1-2H3. The van der Waals surface area contributed by atoms with E-state index in [1.54, 1.807) is 26.6 Å². The number of methoxy groups -OCH3 is 2. The lowest BCUT2D eigenvalue weighted by atomic mass is 9.88. The van der Waals surface area contributed by atoms with Gasteiger partial charge in [0.2, 0.25) is 5.91 Å². The number of benzene rings is 1. The minimum atomic E-state index is 0.140. The molecular weight excluding hydrogens is 340 g/mol. The van der Waals surface area contributed by atoms with Gasteiger partial charge in [-0.3, -0.25) is 9.78 Å². The average molecular weight is 368 g/mol. The van der Waals surface area contributed by atoms with E-state index in [-0.39, 0.29) is 11.8 Å². The molecule has 5 nitrogen and oxygen atoms in total. The van der Waals surface area contributed by atoms with Gasteiger partial charge in [-0.1, -0.05) is 25.3 Å². The molecule has 0 atom stereocenters. The first-order valence-electron chi connectivity index (χ1n) is 9.60. The predicted octanol–water partition coefficient (Wildman–Crippen LogP) is 4.21. The topological polar surface area (TPSA) is 51.7 Å². The van der Waals surface area contributed by atoms with Gasteiger partial charge in [-0.2, -0.15) is 0 Å². The lowest BCUT2D eigenvalue weighted by Crippen LogP contribution is -2.36. The number of amides is 1. The van der Waals surface area contributed by atoms with Crippen LogP contribution in [0.4, 0.5) is 0 Å². The van der Waals surface area contributed by atoms with Crippen molar-refractivity contribution in [3.05, 3.63) is 53.9 Å². The molecule has 0 radical (unpaired) electrons. The molecule has 0 spiro atoms. The van der Waals surface area contributed by atoms with Gasteiger partial charge < -0.3 is 14.4 Å². The number of hydrogen-bond donors (Lipinski definition) is 0. The van der Waals surface area contributed by atoms with Gasteiger partial charge in [0.05, 0.1) is 14.2 Å². The zero-order chi connectivity index (χ0) is 19.1. The van der Waals surface area contributed by atoms with Crippen LogP contribution in [0, 0.1) is 5.92 Å². The van der Waals surface area contributed by atoms with Crippen LogP contribution in [-0.4, -0.2) is 30.0 Å². The molecule has 1 amide bonds. The monoisotopic (exact) mass is 368 g/mol. The van der Waals surface area contributed by atoms with E-state index in [1.807, 2.05) is 35.2 Å². The molecule has 0 aliphatic heterocycles. The van der Waals surface area contributed by atoms with Gasteiger partial charge in [0.1, 0.15) is 0 Å². The maximum atomic E-state index is 13.2. The third-order valence-corrected chi connectivity index (χ3v) is 5.21. The number of ether oxygens (including phenoxy) is 2. The van der Waals surface area contributed by atoms with E-state index < -0.39 is 0 Å². The van der Waals surface area contributed by atoms with Crippen molar-refractivity contribution in [1.29, 1.82) is 0 Å². The van der Waals surface area contributed by atoms with Crippen LogP contribution in [0.25, 0.3) is 0 Å². The van der Waals surface area contributed by atoms with Crippen molar-refractivity contribution in [3.63, 3.8) is 0 Å². The smallest absolute Gasteiger partial charge is 0.226 e. The Kier molecular flexibility index (Phi) is 6.69. The Morgan fingerprint density at radius 3 is 2.30 bits per heavy atom. The number of carbonyl (C=O) groups excluding carboxylic acids is 1. The van der Waals surface area contributed by atoms with E-state index in [1.165, 1.54) is 6.42 Å². The molecule has 0 bridgehead atoms. The summed E-state index contributed by atoms with van der Waals surface area (Å²) >= 11 is 0. The van der Waals surface area contributed by atoms with E-state index in [0.717, 1.165) is 36.8 Å². The number of aromatic nitrogens is 1. The SMILES string of the molecule is COc1ccc(CN(Cc2ccncc2)C(=O)C2CCCCC2)cc1OC. The van der Waals surface area contributed by atoms with Crippen LogP contribution in [0.2, 0.25) is 0 Å². The zero-order valence-corrected chi connectivity index (χ0v) is 16.2. The summed E-state index contributed by atoms with van der Waals surface area (Å²) < 4.78 is 10.7. The second-order valence-corrected chi connectivity index (χ2v) is 7.07. The van der Waals surface area contributed by atoms with Crippen LogP contribution in [0.3, 0.4) is 0 Å². The minimum Gasteiger partial charge on any atom is -0.493 e. The van der Waals surface area contributed by atoms with E-state index in [4.69, 9.17) is 9.47 Å². The molecule has 0 unspecified atom stereocenters. The largest absolute Gasteiger partial charge is 0.493 e. The van der Waals surface area contributed by atoms with Gasteiger partial charge >= 0.3 is 0 Å². The number of nitrogens with zero attached hydrogens (tertiary/aromatic N) is 2. The Hall–Kier alpha value is -2.56. The van der Waals surface area contributed by atoms with Crippen molar-refractivity contribution in [2.75, 3.05) is 14.2 Å². The highest BCUT2D eigenvalue weighted by Crippen LogP contribution is 2.30. The van der Waals surface area contributed by atoms with Crippen LogP contribution in [-0.2, 0) is 17.9 Å². The van der Waals surface area contributed by atoms with Crippen LogP contribution in [0.5, 0.6) is 11.5 Å². The number of pyridine rings is 1. The summed E-state index contributed by atoms with van der Waals surface area (Å²) in [6.45, 7) is 1.14. The van der Waals surface area contributed by atoms with Crippen molar-refractivity contribution in [2.45, 2.75) is 45.2 Å². The fourth-order valence-corrected chi connectivity index (χ4v) is 3.73. The van der Waals surface area contributed by atoms with Crippen LogP contribution in [0.15, 0.2) is 42.7 Å². The molecule has 5 heteroatoms. The molecule has 1 fully saturated rings. The fraction of sp³-hybridized carbons (Fsp3) is 0.455. The second kappa shape index (κ2) is 9.40. The van der Waals surface area contributed by atoms with E-state index in [9.17, 15) is 4.79 Å². The van der Waals surface area contributed by atoms with Crippen LogP contribution < -0.4 is 9.47 Å². The molecule has 27 heavy (non-hydrogen) atoms. The average Bonchev–Trinajstić information content (AvgIpc) is 2.74. The number of carbonyl (C=O) groups is 1. The van der Waals surface area contributed by atoms with Gasteiger partial charge in [-0.05, 0) is 48.2 Å². The molecule has 0 N–H and O–H groups in total. The normalized spacial score (nSPS) is 14.6. The highest BCUT2D eigenvalue weighted by Gasteiger charge is 2.26. The van der Waals surface area contributed by atoms with Gasteiger partial charge in [-0.15, -0.1) is 0 Å². The third kappa shape index (κ3) is 5.00. The van der Waals surface area contributed by atoms with Crippen molar-refractivity contribution < 1.29 is 14.3 Å². The zero-order valence-electron chi connectivity index (χ0n) is 16.2. The van der Waals surface area contributed by atoms with Crippen molar-refractivity contribution in [1.82, 2.24) is 9.88 Å². The molecule has 144 valence electrons. The van der Waals surface area contributed by atoms with Gasteiger partial charge in [-0.25, -0.2) is 0 Å². The lowest BCUT2D eigenvalue weighted by Gasteiger charge is -2.30. The summed E-state index contributed by atoms with van der Waals surface area (Å²) in [7, 11) is 3.25. The van der Waals surface area contributed by atoms with E-state index in [0.29, 0.717) is 24.6 Å². The van der Waals surface area contributed by atoms with Gasteiger partial charge in [0, 0.05) is 31.4 Å². The van der Waals surface area contributed by atoms with Crippen molar-refractivity contribution in [3.8, 4) is 11.5 Å². The first-order valence-corrected chi connectivity index (χ1v) is 9.60. The molecule has 1 aromatic carbocycles. The maximum Gasteiger partial charge on any atom is 0.226 e. The fourth-order valence-electron chi connectivity index (χ4n) is 3.73. The number of hydrogen-bond acceptors (Lipinski definition) is 4. The summed E-state index contributed by atoms with van der Waals surface area (Å²) in [5.74, 6) is 1.77. The molecule has 0 saturated heterocycles. The van der Waals surface area contributed by atoms with Crippen LogP contribution in [0.1, 0.15) is 43.2 Å². The van der Waals surface area contributed by atoms with Gasteiger partial charge in [0.15, 0.2) is 11.5 Å². The quantitative estimate of drug-likeness (QED) is 0.735. The summed E-state index contributed by atoms with van der Waals surface area (Å²) in [5, 5.41) is 0. The molecule has 2 aromatic rings. The predicted molar refractivity (Wildman–Crippen MR) is 105 cm³/mol. The first kappa shape index (κ1) is 19.2. The Morgan fingerprint density at radius 1 is 0.963 bits per heavy atom. The lowest BCUT2D eigenvalue weighted by molar-refractivity contribution is -0.137. The molecule has 1 heterocycles. The molecule has 3 rings (SSSR count). The Morgan fingerprint density at radius 2 is 1.63 bits per heavy atom. The van der Waals surface area contributed by atoms with Crippen molar-refractivity contribution in [2.24, 2.45) is 5.92 Å². The summed E-state index contributed by atoms with van der Waals surface area (Å²) in [6, 6.07) is 9.77. The Labute approximate surface area is 161 Å². The van der Waals surface area contributed by atoms with E-state index >= 15 is 0 Å². The highest BCUT2D eigenvalue weighted by molar-refractivity contribution is 5.79. The highest BCUT2D eigenvalue weighted by atomic mass is 16.5. The van der Waals surface area contributed by atoms with E-state index in [2.05, 4.69) is 4.98 Å². The summed E-state index contributed by atoms with van der Waals surface area (Å²) in [6.07, 6.45) is 9.08. The van der Waals surface area contributed by atoms with Crippen LogP contribution >= 0.6 is 0 Å². The second-order valence-electron chi connectivity index (χ2n) is 7.07. The Bertz CT molecular complexity index is 742. The third-order valence-electron chi connectivity index (χ3n) is 5.21. The Balaban J connectivity index is 1.81. The maximum absolute atomic E-state index is 13.2. The summed E-state index contributed by atoms with van der Waals surface area (Å²) in [4.78, 5) is 19.3. The molecule has 1 saturated carbocycles. The number of rotatable bonds is 7. The molecule has 1 aliphatic carbocycles. The molecular formula is C22H28N2O3. The summed E-state index contributed by atoms with van der Waals surface area (Å²) in [5.41, 5.74) is 2.13. The minimum absolute atomic E-state index is 0.140. The molecule has 1 aromatic heterocycles.